The molecule has 0 saturated carbocycles. The molecule has 5 nitrogen and oxygen atoms in total. The van der Waals surface area contributed by atoms with Gasteiger partial charge in [-0.3, -0.25) is 4.79 Å². The number of thioether (sulfide) groups is 1. The van der Waals surface area contributed by atoms with Gasteiger partial charge in [0, 0.05) is 4.90 Å². The Morgan fingerprint density at radius 3 is 2.31 bits per heavy atom. The largest absolute Gasteiger partial charge is 0.482 e. The zero-order chi connectivity index (χ0) is 21.4. The quantitative estimate of drug-likeness (QED) is 0.346. The van der Waals surface area contributed by atoms with Crippen molar-refractivity contribution in [2.75, 3.05) is 19.0 Å². The summed E-state index contributed by atoms with van der Waals surface area (Å²) in [5, 5.41) is 0. The first-order valence-corrected chi connectivity index (χ1v) is 9.57. The van der Waals surface area contributed by atoms with Gasteiger partial charge < -0.3 is 14.2 Å². The van der Waals surface area contributed by atoms with Gasteiger partial charge in [0.15, 0.2) is 6.61 Å². The molecule has 0 atom stereocenters. The number of hydrogen-bond donors (Lipinski definition) is 0. The summed E-state index contributed by atoms with van der Waals surface area (Å²) in [5.41, 5.74) is -0.0391. The molecular weight excluding hydrogens is 409 g/mol. The predicted molar refractivity (Wildman–Crippen MR) is 101 cm³/mol. The number of alkyl halides is 3. The average Bonchev–Trinajstić information content (AvgIpc) is 2.65. The molecule has 0 saturated heterocycles. The molecule has 0 aliphatic heterocycles. The maximum Gasteiger partial charge on any atom is 0.416 e. The third kappa shape index (κ3) is 7.34. The Hall–Kier alpha value is -2.68. The first-order valence-electron chi connectivity index (χ1n) is 8.59. The molecule has 0 bridgehead atoms. The van der Waals surface area contributed by atoms with Crippen molar-refractivity contribution in [3.05, 3.63) is 53.6 Å². The fourth-order valence-electron chi connectivity index (χ4n) is 2.23. The molecule has 2 aromatic carbocycles. The van der Waals surface area contributed by atoms with Crippen LogP contribution >= 0.6 is 11.8 Å². The summed E-state index contributed by atoms with van der Waals surface area (Å²) in [5.74, 6) is -0.507. The highest BCUT2D eigenvalue weighted by atomic mass is 32.2. The van der Waals surface area contributed by atoms with E-state index in [0.717, 1.165) is 34.7 Å². The molecule has 0 unspecified atom stereocenters. The molecule has 9 heteroatoms. The second kappa shape index (κ2) is 10.2. The number of rotatable bonds is 8. The molecule has 2 rings (SSSR count). The SMILES string of the molecule is CCOC(=O)COc1ccc(SCC(=O)Oc2ccc(C(F)(F)F)cc2)cc1C. The first-order chi connectivity index (χ1) is 13.7. The number of esters is 2. The second-order valence-electron chi connectivity index (χ2n) is 5.81. The van der Waals surface area contributed by atoms with E-state index in [-0.39, 0.29) is 24.7 Å². The van der Waals surface area contributed by atoms with E-state index in [0.29, 0.717) is 5.75 Å². The van der Waals surface area contributed by atoms with E-state index in [1.54, 1.807) is 32.0 Å². The van der Waals surface area contributed by atoms with Crippen molar-refractivity contribution in [2.24, 2.45) is 0 Å². The summed E-state index contributed by atoms with van der Waals surface area (Å²) in [4.78, 5) is 24.0. The summed E-state index contributed by atoms with van der Waals surface area (Å²) in [6, 6.07) is 9.11. The van der Waals surface area contributed by atoms with E-state index in [2.05, 4.69) is 0 Å². The summed E-state index contributed by atoms with van der Waals surface area (Å²) in [6.45, 7) is 3.59. The van der Waals surface area contributed by atoms with Crippen LogP contribution in [0.1, 0.15) is 18.1 Å². The van der Waals surface area contributed by atoms with Gasteiger partial charge in [0.1, 0.15) is 11.5 Å². The van der Waals surface area contributed by atoms with Crippen molar-refractivity contribution in [1.29, 1.82) is 0 Å². The highest BCUT2D eigenvalue weighted by Gasteiger charge is 2.30. The fourth-order valence-corrected chi connectivity index (χ4v) is 3.00. The molecule has 0 radical (unpaired) electrons. The van der Waals surface area contributed by atoms with E-state index in [1.165, 1.54) is 11.8 Å². The predicted octanol–water partition coefficient (Wildman–Crippen LogP) is 4.65. The maximum absolute atomic E-state index is 12.5. The average molecular weight is 428 g/mol. The van der Waals surface area contributed by atoms with E-state index >= 15 is 0 Å². The van der Waals surface area contributed by atoms with Crippen LogP contribution in [-0.4, -0.2) is 30.9 Å². The number of benzene rings is 2. The lowest BCUT2D eigenvalue weighted by Gasteiger charge is -2.10. The van der Waals surface area contributed by atoms with Crippen LogP contribution in [0.4, 0.5) is 13.2 Å². The van der Waals surface area contributed by atoms with Crippen LogP contribution < -0.4 is 9.47 Å². The van der Waals surface area contributed by atoms with Crippen LogP contribution in [0.2, 0.25) is 0 Å². The number of ether oxygens (including phenoxy) is 3. The van der Waals surface area contributed by atoms with Crippen LogP contribution in [0, 0.1) is 6.92 Å². The van der Waals surface area contributed by atoms with E-state index in [4.69, 9.17) is 14.2 Å². The molecule has 0 aliphatic carbocycles. The normalized spacial score (nSPS) is 11.1. The van der Waals surface area contributed by atoms with Gasteiger partial charge in [-0.25, -0.2) is 4.79 Å². The lowest BCUT2D eigenvalue weighted by molar-refractivity contribution is -0.145. The Balaban J connectivity index is 1.85. The molecule has 0 N–H and O–H groups in total. The molecule has 0 amide bonds. The fraction of sp³-hybridized carbons (Fsp3) is 0.300. The van der Waals surface area contributed by atoms with Gasteiger partial charge in [0.25, 0.3) is 0 Å². The highest BCUT2D eigenvalue weighted by molar-refractivity contribution is 8.00. The van der Waals surface area contributed by atoms with Crippen LogP contribution in [0.25, 0.3) is 0 Å². The Morgan fingerprint density at radius 1 is 1.03 bits per heavy atom. The standard InChI is InChI=1S/C20H19F3O5S/c1-3-26-18(24)11-27-17-9-8-16(10-13(17)2)29-12-19(25)28-15-6-4-14(5-7-15)20(21,22)23/h4-10H,3,11-12H2,1-2H3. The van der Waals surface area contributed by atoms with E-state index < -0.39 is 23.7 Å². The minimum atomic E-state index is -4.44. The van der Waals surface area contributed by atoms with Gasteiger partial charge in [-0.05, 0) is 61.9 Å². The number of carbonyl (C=O) groups is 2. The summed E-state index contributed by atoms with van der Waals surface area (Å²) < 4.78 is 52.8. The topological polar surface area (TPSA) is 61.8 Å². The van der Waals surface area contributed by atoms with Gasteiger partial charge in [-0.15, -0.1) is 11.8 Å². The molecule has 0 heterocycles. The maximum atomic E-state index is 12.5. The van der Waals surface area contributed by atoms with Gasteiger partial charge >= 0.3 is 18.1 Å². The third-order valence-electron chi connectivity index (χ3n) is 3.57. The Kier molecular flexibility index (Phi) is 7.95. The van der Waals surface area contributed by atoms with Gasteiger partial charge in [-0.2, -0.15) is 13.2 Å². The molecule has 29 heavy (non-hydrogen) atoms. The number of halogens is 3. The smallest absolute Gasteiger partial charge is 0.416 e. The van der Waals surface area contributed by atoms with Crippen LogP contribution in [0.5, 0.6) is 11.5 Å². The molecule has 0 spiro atoms. The van der Waals surface area contributed by atoms with Gasteiger partial charge in [0.05, 0.1) is 17.9 Å². The minimum Gasteiger partial charge on any atom is -0.482 e. The summed E-state index contributed by atoms with van der Waals surface area (Å²) >= 11 is 1.21. The zero-order valence-electron chi connectivity index (χ0n) is 15.7. The Bertz CT molecular complexity index is 850. The van der Waals surface area contributed by atoms with E-state index in [9.17, 15) is 22.8 Å². The third-order valence-corrected chi connectivity index (χ3v) is 4.53. The Morgan fingerprint density at radius 2 is 1.72 bits per heavy atom. The molecular formula is C20H19F3O5S. The molecule has 0 aliphatic rings. The van der Waals surface area contributed by atoms with Crippen LogP contribution in [-0.2, 0) is 20.5 Å². The lowest BCUT2D eigenvalue weighted by Crippen LogP contribution is -2.15. The molecule has 156 valence electrons. The summed E-state index contributed by atoms with van der Waals surface area (Å²) in [6.07, 6.45) is -4.44. The zero-order valence-corrected chi connectivity index (χ0v) is 16.6. The number of aryl methyl sites for hydroxylation is 1. The van der Waals surface area contributed by atoms with Gasteiger partial charge in [0.2, 0.25) is 0 Å². The molecule has 0 fully saturated rings. The second-order valence-corrected chi connectivity index (χ2v) is 6.85. The summed E-state index contributed by atoms with van der Waals surface area (Å²) in [7, 11) is 0. The highest BCUT2D eigenvalue weighted by Crippen LogP contribution is 2.30. The van der Waals surface area contributed by atoms with Crippen LogP contribution in [0.3, 0.4) is 0 Å². The minimum absolute atomic E-state index is 0.0243. The molecule has 2 aromatic rings. The van der Waals surface area contributed by atoms with Crippen molar-refractivity contribution < 1.29 is 37.0 Å². The van der Waals surface area contributed by atoms with Gasteiger partial charge in [-0.1, -0.05) is 0 Å². The van der Waals surface area contributed by atoms with Crippen LogP contribution in [0.15, 0.2) is 47.4 Å². The van der Waals surface area contributed by atoms with Crippen molar-refractivity contribution in [1.82, 2.24) is 0 Å². The van der Waals surface area contributed by atoms with Crippen molar-refractivity contribution in [3.63, 3.8) is 0 Å². The molecule has 0 aromatic heterocycles. The van der Waals surface area contributed by atoms with E-state index in [1.807, 2.05) is 0 Å². The monoisotopic (exact) mass is 428 g/mol. The Labute approximate surface area is 170 Å². The number of hydrogen-bond acceptors (Lipinski definition) is 6. The lowest BCUT2D eigenvalue weighted by atomic mass is 10.2. The first kappa shape index (κ1) is 22.6. The number of carbonyl (C=O) groups excluding carboxylic acids is 2. The van der Waals surface area contributed by atoms with Crippen molar-refractivity contribution in [2.45, 2.75) is 24.9 Å². The van der Waals surface area contributed by atoms with Crippen molar-refractivity contribution >= 4 is 23.7 Å². The van der Waals surface area contributed by atoms with Crippen molar-refractivity contribution in [3.8, 4) is 11.5 Å².